The highest BCUT2D eigenvalue weighted by molar-refractivity contribution is 6.90. The van der Waals surface area contributed by atoms with Crippen molar-refractivity contribution in [3.05, 3.63) is 0 Å². The molecule has 2 unspecified atom stereocenters. The van der Waals surface area contributed by atoms with Crippen molar-refractivity contribution in [3.8, 4) is 0 Å². The summed E-state index contributed by atoms with van der Waals surface area (Å²) < 4.78 is 0. The minimum atomic E-state index is 0.764. The lowest BCUT2D eigenvalue weighted by Gasteiger charge is -2.27. The van der Waals surface area contributed by atoms with E-state index in [1.165, 1.54) is 20.1 Å². The summed E-state index contributed by atoms with van der Waals surface area (Å²) in [5.41, 5.74) is 0. The molecule has 0 radical (unpaired) electrons. The Morgan fingerprint density at radius 3 is 1.93 bits per heavy atom. The van der Waals surface area contributed by atoms with E-state index < -0.39 is 0 Å². The summed E-state index contributed by atoms with van der Waals surface area (Å²) in [5, 5.41) is 2.32. The highest BCUT2D eigenvalue weighted by Gasteiger charge is 2.84. The standard InChI is InChI=1S/C12H22B2/c1-9(2)13-12-7-5-10(3)11(4,6-8-12)14(10)12/h9,13H,5-8H2,1-4H3. The monoisotopic (exact) mass is 188 g/mol. The van der Waals surface area contributed by atoms with Crippen LogP contribution in [0.25, 0.3) is 0 Å². The van der Waals surface area contributed by atoms with Gasteiger partial charge in [0.1, 0.15) is 7.28 Å². The Morgan fingerprint density at radius 2 is 1.50 bits per heavy atom. The highest BCUT2D eigenvalue weighted by atomic mass is 14.7. The van der Waals surface area contributed by atoms with Crippen LogP contribution < -0.4 is 0 Å². The lowest BCUT2D eigenvalue weighted by Crippen LogP contribution is -2.26. The van der Waals surface area contributed by atoms with E-state index in [2.05, 4.69) is 27.7 Å². The molecule has 0 aromatic rings. The smallest absolute Gasteiger partial charge is 0.0731 e. The van der Waals surface area contributed by atoms with Crippen LogP contribution in [-0.2, 0) is 0 Å². The van der Waals surface area contributed by atoms with Crippen molar-refractivity contribution < 1.29 is 0 Å². The quantitative estimate of drug-likeness (QED) is 0.581. The second-order valence-corrected chi connectivity index (χ2v) is 7.23. The van der Waals surface area contributed by atoms with E-state index in [-0.39, 0.29) is 0 Å². The van der Waals surface area contributed by atoms with E-state index in [1.54, 1.807) is 12.8 Å². The van der Waals surface area contributed by atoms with Crippen molar-refractivity contribution in [1.82, 2.24) is 0 Å². The van der Waals surface area contributed by atoms with E-state index in [9.17, 15) is 0 Å². The van der Waals surface area contributed by atoms with Crippen LogP contribution in [0.2, 0.25) is 21.7 Å². The first-order valence-corrected chi connectivity index (χ1v) is 6.45. The molecule has 0 saturated carbocycles. The molecule has 3 fully saturated rings. The minimum Gasteiger partial charge on any atom is -0.0731 e. The molecule has 3 aliphatic rings. The molecule has 76 valence electrons. The van der Waals surface area contributed by atoms with E-state index in [4.69, 9.17) is 0 Å². The Hall–Kier alpha value is 0.130. The summed E-state index contributed by atoms with van der Waals surface area (Å²) in [5.74, 6) is 0.903. The van der Waals surface area contributed by atoms with E-state index in [0.717, 1.165) is 28.4 Å². The molecule has 0 nitrogen and oxygen atoms in total. The molecule has 3 heterocycles. The molecule has 0 aromatic heterocycles. The fraction of sp³-hybridized carbons (Fsp3) is 1.00. The molecule has 0 bridgehead atoms. The molecule has 0 amide bonds. The first kappa shape index (κ1) is 9.36. The van der Waals surface area contributed by atoms with Gasteiger partial charge in [-0.3, -0.25) is 0 Å². The Labute approximate surface area is 89.5 Å². The average Bonchev–Trinajstić information content (AvgIpc) is 2.38. The zero-order chi connectivity index (χ0) is 10.2. The number of hydrogen-bond acceptors (Lipinski definition) is 0. The van der Waals surface area contributed by atoms with Gasteiger partial charge >= 0.3 is 0 Å². The predicted octanol–water partition coefficient (Wildman–Crippen LogP) is 3.57. The normalized spacial score (nSPS) is 53.9. The predicted molar refractivity (Wildman–Crippen MR) is 65.9 cm³/mol. The van der Waals surface area contributed by atoms with Crippen LogP contribution in [-0.4, -0.2) is 14.0 Å². The van der Waals surface area contributed by atoms with Gasteiger partial charge in [-0.15, -0.1) is 0 Å². The molecule has 2 atom stereocenters. The van der Waals surface area contributed by atoms with Crippen molar-refractivity contribution in [2.45, 2.75) is 75.0 Å². The summed E-state index contributed by atoms with van der Waals surface area (Å²) in [4.78, 5) is 0. The van der Waals surface area contributed by atoms with Crippen molar-refractivity contribution in [3.63, 3.8) is 0 Å². The van der Waals surface area contributed by atoms with Gasteiger partial charge in [0.15, 0.2) is 6.71 Å². The summed E-state index contributed by atoms with van der Waals surface area (Å²) in [7, 11) is 1.50. The molecule has 3 rings (SSSR count). The fourth-order valence-electron chi connectivity index (χ4n) is 5.73. The van der Waals surface area contributed by atoms with Crippen LogP contribution in [0.15, 0.2) is 0 Å². The molecular formula is C12H22B2. The summed E-state index contributed by atoms with van der Waals surface area (Å²) in [6.45, 7) is 11.0. The van der Waals surface area contributed by atoms with Crippen LogP contribution in [0.3, 0.4) is 0 Å². The van der Waals surface area contributed by atoms with Crippen LogP contribution in [0.4, 0.5) is 0 Å². The van der Waals surface area contributed by atoms with Crippen LogP contribution in [0.1, 0.15) is 53.4 Å². The fourth-order valence-corrected chi connectivity index (χ4v) is 5.73. The zero-order valence-corrected chi connectivity index (χ0v) is 10.2. The Kier molecular flexibility index (Phi) is 1.52. The van der Waals surface area contributed by atoms with E-state index >= 15 is 0 Å². The molecule has 3 aliphatic heterocycles. The van der Waals surface area contributed by atoms with Crippen molar-refractivity contribution >= 4 is 14.0 Å². The maximum Gasteiger partial charge on any atom is 0.150 e. The topological polar surface area (TPSA) is 0 Å². The van der Waals surface area contributed by atoms with Crippen molar-refractivity contribution in [1.29, 1.82) is 0 Å². The first-order chi connectivity index (χ1) is 6.45. The van der Waals surface area contributed by atoms with Gasteiger partial charge in [0.05, 0.1) is 0 Å². The summed E-state index contributed by atoms with van der Waals surface area (Å²) in [6.07, 6.45) is 6.14. The van der Waals surface area contributed by atoms with Crippen LogP contribution >= 0.6 is 0 Å². The summed E-state index contributed by atoms with van der Waals surface area (Å²) in [6, 6.07) is 0. The molecule has 3 saturated heterocycles. The molecule has 0 aromatic carbocycles. The third kappa shape index (κ3) is 0.772. The van der Waals surface area contributed by atoms with Gasteiger partial charge in [-0.05, 0) is 0 Å². The van der Waals surface area contributed by atoms with Crippen molar-refractivity contribution in [2.75, 3.05) is 0 Å². The molecule has 0 aliphatic carbocycles. The first-order valence-electron chi connectivity index (χ1n) is 6.45. The van der Waals surface area contributed by atoms with Gasteiger partial charge in [-0.25, -0.2) is 0 Å². The second-order valence-electron chi connectivity index (χ2n) is 7.23. The molecular weight excluding hydrogens is 166 g/mol. The van der Waals surface area contributed by atoms with Crippen molar-refractivity contribution in [2.24, 2.45) is 0 Å². The number of hydrogen-bond donors (Lipinski definition) is 0. The van der Waals surface area contributed by atoms with Gasteiger partial charge < -0.3 is 0 Å². The van der Waals surface area contributed by atoms with Gasteiger partial charge in [0, 0.05) is 0 Å². The average molecular weight is 188 g/mol. The largest absolute Gasteiger partial charge is 0.150 e. The third-order valence-electron chi connectivity index (χ3n) is 6.21. The Balaban J connectivity index is 1.91. The highest BCUT2D eigenvalue weighted by Crippen LogP contribution is 2.93. The maximum atomic E-state index is 2.57. The molecule has 0 spiro atoms. The maximum absolute atomic E-state index is 2.57. The van der Waals surface area contributed by atoms with E-state index in [1.807, 2.05) is 0 Å². The summed E-state index contributed by atoms with van der Waals surface area (Å²) >= 11 is 0. The molecule has 14 heavy (non-hydrogen) atoms. The van der Waals surface area contributed by atoms with Gasteiger partial charge in [0.25, 0.3) is 0 Å². The minimum absolute atomic E-state index is 0.764. The third-order valence-corrected chi connectivity index (χ3v) is 6.21. The second kappa shape index (κ2) is 2.28. The van der Waals surface area contributed by atoms with Gasteiger partial charge in [-0.1, -0.05) is 75.0 Å². The Bertz CT molecular complexity index is 266. The van der Waals surface area contributed by atoms with Gasteiger partial charge in [0.2, 0.25) is 0 Å². The molecule has 2 heteroatoms. The number of fused-ring (bicyclic) bond motifs is 1. The zero-order valence-electron chi connectivity index (χ0n) is 10.2. The van der Waals surface area contributed by atoms with Gasteiger partial charge in [-0.2, -0.15) is 0 Å². The lowest BCUT2D eigenvalue weighted by atomic mass is 9.27. The molecule has 0 N–H and O–H groups in total. The lowest BCUT2D eigenvalue weighted by molar-refractivity contribution is 0.517. The van der Waals surface area contributed by atoms with Crippen LogP contribution in [0.5, 0.6) is 0 Å². The Morgan fingerprint density at radius 1 is 1.00 bits per heavy atom. The SMILES string of the molecule is CC(C)BC12CCC3(C)B1C3(C)CC2. The van der Waals surface area contributed by atoms with Crippen LogP contribution in [0, 0.1) is 0 Å². The van der Waals surface area contributed by atoms with E-state index in [0.29, 0.717) is 0 Å². The number of rotatable bonds is 2.